The van der Waals surface area contributed by atoms with Crippen molar-refractivity contribution in [2.75, 3.05) is 5.88 Å². The fourth-order valence-corrected chi connectivity index (χ4v) is 1.61. The number of benzene rings is 1. The van der Waals surface area contributed by atoms with Crippen molar-refractivity contribution in [2.45, 2.75) is 6.42 Å². The fraction of sp³-hybridized carbons (Fsp3) is 0.182. The molecular weight excluding hydrogens is 215 g/mol. The molecule has 1 aromatic carbocycles. The summed E-state index contributed by atoms with van der Waals surface area (Å²) in [5.74, 6) is 1.17. The average molecular weight is 225 g/mol. The lowest BCUT2D eigenvalue weighted by molar-refractivity contribution is 0.627. The Morgan fingerprint density at radius 1 is 1.27 bits per heavy atom. The molecule has 0 aliphatic heterocycles. The van der Waals surface area contributed by atoms with Crippen LogP contribution in [-0.2, 0) is 6.42 Å². The molecule has 0 spiro atoms. The van der Waals surface area contributed by atoms with E-state index in [4.69, 9.17) is 11.6 Å². The summed E-state index contributed by atoms with van der Waals surface area (Å²) in [6.45, 7) is 0. The Balaban J connectivity index is 2.36. The van der Waals surface area contributed by atoms with Gasteiger partial charge in [0.2, 0.25) is 0 Å². The topological polar surface area (TPSA) is 17.8 Å². The quantitative estimate of drug-likeness (QED) is 0.733. The first-order chi connectivity index (χ1) is 7.31. The van der Waals surface area contributed by atoms with Gasteiger partial charge in [-0.3, -0.25) is 0 Å². The minimum atomic E-state index is -0.238. The predicted octanol–water partition coefficient (Wildman–Crippen LogP) is 2.79. The Hall–Kier alpha value is -1.35. The lowest BCUT2D eigenvalue weighted by Gasteiger charge is -2.06. The lowest BCUT2D eigenvalue weighted by atomic mass is 10.3. The van der Waals surface area contributed by atoms with E-state index in [0.717, 1.165) is 11.5 Å². The monoisotopic (exact) mass is 224 g/mol. The van der Waals surface area contributed by atoms with E-state index in [1.54, 1.807) is 18.3 Å². The third kappa shape index (κ3) is 2.18. The van der Waals surface area contributed by atoms with E-state index in [-0.39, 0.29) is 5.82 Å². The van der Waals surface area contributed by atoms with Crippen LogP contribution in [0.5, 0.6) is 0 Å². The van der Waals surface area contributed by atoms with Crippen molar-refractivity contribution in [3.63, 3.8) is 0 Å². The van der Waals surface area contributed by atoms with Crippen molar-refractivity contribution >= 4 is 11.6 Å². The van der Waals surface area contributed by atoms with Gasteiger partial charge in [0.15, 0.2) is 0 Å². The molecule has 0 unspecified atom stereocenters. The predicted molar refractivity (Wildman–Crippen MR) is 57.9 cm³/mol. The summed E-state index contributed by atoms with van der Waals surface area (Å²) in [6, 6.07) is 6.29. The summed E-state index contributed by atoms with van der Waals surface area (Å²) in [6.07, 6.45) is 4.26. The lowest BCUT2D eigenvalue weighted by Crippen LogP contribution is -2.01. The number of rotatable bonds is 3. The first kappa shape index (κ1) is 10.2. The summed E-state index contributed by atoms with van der Waals surface area (Å²) < 4.78 is 14.6. The number of hydrogen-bond acceptors (Lipinski definition) is 1. The van der Waals surface area contributed by atoms with Gasteiger partial charge in [-0.2, -0.15) is 0 Å². The Morgan fingerprint density at radius 2 is 2.00 bits per heavy atom. The van der Waals surface area contributed by atoms with Gasteiger partial charge in [-0.05, 0) is 24.3 Å². The van der Waals surface area contributed by atoms with Gasteiger partial charge < -0.3 is 4.57 Å². The molecule has 4 heteroatoms. The molecule has 1 aromatic heterocycles. The SMILES string of the molecule is Fc1ccc(-n2ccnc2CCCl)cc1. The van der Waals surface area contributed by atoms with Crippen LogP contribution in [0, 0.1) is 5.82 Å². The van der Waals surface area contributed by atoms with Gasteiger partial charge in [0.1, 0.15) is 11.6 Å². The van der Waals surface area contributed by atoms with Crippen molar-refractivity contribution in [1.29, 1.82) is 0 Å². The van der Waals surface area contributed by atoms with E-state index in [1.807, 2.05) is 10.8 Å². The van der Waals surface area contributed by atoms with Gasteiger partial charge in [-0.15, -0.1) is 11.6 Å². The Bertz CT molecular complexity index is 436. The Kier molecular flexibility index (Phi) is 3.02. The molecule has 1 heterocycles. The fourth-order valence-electron chi connectivity index (χ4n) is 1.44. The highest BCUT2D eigenvalue weighted by molar-refractivity contribution is 6.17. The second-order valence-electron chi connectivity index (χ2n) is 3.13. The van der Waals surface area contributed by atoms with Crippen LogP contribution in [0.2, 0.25) is 0 Å². The molecule has 0 amide bonds. The van der Waals surface area contributed by atoms with Gasteiger partial charge in [0.05, 0.1) is 0 Å². The highest BCUT2D eigenvalue weighted by atomic mass is 35.5. The van der Waals surface area contributed by atoms with Crippen LogP contribution in [0.1, 0.15) is 5.82 Å². The number of aromatic nitrogens is 2. The van der Waals surface area contributed by atoms with Crippen molar-refractivity contribution in [2.24, 2.45) is 0 Å². The molecule has 0 atom stereocenters. The summed E-state index contributed by atoms with van der Waals surface area (Å²) in [4.78, 5) is 4.19. The molecule has 0 fully saturated rings. The third-order valence-electron chi connectivity index (χ3n) is 2.14. The first-order valence-electron chi connectivity index (χ1n) is 4.65. The van der Waals surface area contributed by atoms with Gasteiger partial charge >= 0.3 is 0 Å². The molecule has 0 bridgehead atoms. The van der Waals surface area contributed by atoms with Crippen molar-refractivity contribution in [3.05, 3.63) is 48.3 Å². The number of imidazole rings is 1. The van der Waals surface area contributed by atoms with Gasteiger partial charge in [-0.25, -0.2) is 9.37 Å². The molecule has 0 N–H and O–H groups in total. The van der Waals surface area contributed by atoms with Crippen LogP contribution in [0.3, 0.4) is 0 Å². The van der Waals surface area contributed by atoms with Crippen LogP contribution < -0.4 is 0 Å². The summed E-state index contributed by atoms with van der Waals surface area (Å²) >= 11 is 5.66. The first-order valence-corrected chi connectivity index (χ1v) is 5.19. The molecule has 2 aromatic rings. The number of aryl methyl sites for hydroxylation is 1. The van der Waals surface area contributed by atoms with Crippen LogP contribution in [0.15, 0.2) is 36.7 Å². The molecule has 15 heavy (non-hydrogen) atoms. The van der Waals surface area contributed by atoms with Gasteiger partial charge in [0.25, 0.3) is 0 Å². The number of halogens is 2. The molecule has 0 radical (unpaired) electrons. The van der Waals surface area contributed by atoms with Crippen molar-refractivity contribution < 1.29 is 4.39 Å². The standard InChI is InChI=1S/C11H10ClFN2/c12-6-5-11-14-7-8-15(11)10-3-1-9(13)2-4-10/h1-4,7-8H,5-6H2. The maximum atomic E-state index is 12.7. The second-order valence-corrected chi connectivity index (χ2v) is 3.51. The zero-order valence-corrected chi connectivity index (χ0v) is 8.78. The Labute approximate surface area is 92.3 Å². The summed E-state index contributed by atoms with van der Waals surface area (Å²) in [7, 11) is 0. The number of alkyl halides is 1. The van der Waals surface area contributed by atoms with Gasteiger partial charge in [-0.1, -0.05) is 0 Å². The number of hydrogen-bond donors (Lipinski definition) is 0. The molecule has 2 rings (SSSR count). The molecule has 0 saturated heterocycles. The zero-order chi connectivity index (χ0) is 10.7. The van der Waals surface area contributed by atoms with E-state index >= 15 is 0 Å². The maximum absolute atomic E-state index is 12.7. The zero-order valence-electron chi connectivity index (χ0n) is 8.03. The summed E-state index contributed by atoms with van der Waals surface area (Å²) in [5, 5.41) is 0. The van der Waals surface area contributed by atoms with Crippen molar-refractivity contribution in [3.8, 4) is 5.69 Å². The molecular formula is C11H10ClFN2. The normalized spacial score (nSPS) is 10.5. The largest absolute Gasteiger partial charge is 0.304 e. The smallest absolute Gasteiger partial charge is 0.123 e. The highest BCUT2D eigenvalue weighted by Gasteiger charge is 2.03. The molecule has 0 aliphatic carbocycles. The van der Waals surface area contributed by atoms with E-state index in [9.17, 15) is 4.39 Å². The minimum absolute atomic E-state index is 0.238. The molecule has 2 nitrogen and oxygen atoms in total. The van der Waals surface area contributed by atoms with Crippen LogP contribution >= 0.6 is 11.6 Å². The van der Waals surface area contributed by atoms with Crippen molar-refractivity contribution in [1.82, 2.24) is 9.55 Å². The minimum Gasteiger partial charge on any atom is -0.304 e. The van der Waals surface area contributed by atoms with E-state index in [2.05, 4.69) is 4.98 Å². The maximum Gasteiger partial charge on any atom is 0.123 e. The molecule has 0 aliphatic rings. The Morgan fingerprint density at radius 3 is 2.67 bits per heavy atom. The van der Waals surface area contributed by atoms with Crippen LogP contribution in [0.4, 0.5) is 4.39 Å². The van der Waals surface area contributed by atoms with Gasteiger partial charge in [0, 0.05) is 30.4 Å². The van der Waals surface area contributed by atoms with E-state index < -0.39 is 0 Å². The van der Waals surface area contributed by atoms with E-state index in [0.29, 0.717) is 12.3 Å². The number of nitrogens with zero attached hydrogens (tertiary/aromatic N) is 2. The highest BCUT2D eigenvalue weighted by Crippen LogP contribution is 2.12. The summed E-state index contributed by atoms with van der Waals surface area (Å²) in [5.41, 5.74) is 0.897. The second kappa shape index (κ2) is 4.45. The van der Waals surface area contributed by atoms with Crippen LogP contribution in [-0.4, -0.2) is 15.4 Å². The molecule has 0 saturated carbocycles. The van der Waals surface area contributed by atoms with Crippen LogP contribution in [0.25, 0.3) is 5.69 Å². The van der Waals surface area contributed by atoms with E-state index in [1.165, 1.54) is 12.1 Å². The molecule has 78 valence electrons. The third-order valence-corrected chi connectivity index (χ3v) is 2.33. The average Bonchev–Trinajstić information content (AvgIpc) is 2.68.